The van der Waals surface area contributed by atoms with E-state index in [-0.39, 0.29) is 6.10 Å². The summed E-state index contributed by atoms with van der Waals surface area (Å²) in [5, 5.41) is 12.7. The molecule has 66 valence electrons. The first-order valence-corrected chi connectivity index (χ1v) is 4.46. The molecule has 0 radical (unpaired) electrons. The van der Waals surface area contributed by atoms with Gasteiger partial charge in [-0.2, -0.15) is 0 Å². The third-order valence-corrected chi connectivity index (χ3v) is 2.27. The van der Waals surface area contributed by atoms with Crippen molar-refractivity contribution in [2.24, 2.45) is 5.73 Å². The SMILES string of the molecule is NCCCN[C@H]1CCC[C@@H]1O. The molecule has 0 aromatic heterocycles. The Labute approximate surface area is 68.0 Å². The molecular weight excluding hydrogens is 140 g/mol. The molecule has 1 saturated carbocycles. The van der Waals surface area contributed by atoms with E-state index in [9.17, 15) is 5.11 Å². The molecule has 1 rings (SSSR count). The standard InChI is InChI=1S/C8H18N2O/c9-5-2-6-10-7-3-1-4-8(7)11/h7-8,10-11H,1-6,9H2/t7-,8-/m0/s1. The Kier molecular flexibility index (Phi) is 3.83. The second-order valence-electron chi connectivity index (χ2n) is 3.20. The molecule has 0 amide bonds. The van der Waals surface area contributed by atoms with Gasteiger partial charge < -0.3 is 16.2 Å². The maximum absolute atomic E-state index is 9.39. The molecular formula is C8H18N2O. The Hall–Kier alpha value is -0.120. The van der Waals surface area contributed by atoms with Gasteiger partial charge in [0.2, 0.25) is 0 Å². The van der Waals surface area contributed by atoms with Gasteiger partial charge in [0.15, 0.2) is 0 Å². The Morgan fingerprint density at radius 3 is 2.82 bits per heavy atom. The molecule has 2 atom stereocenters. The van der Waals surface area contributed by atoms with Crippen LogP contribution in [0.4, 0.5) is 0 Å². The van der Waals surface area contributed by atoms with Gasteiger partial charge >= 0.3 is 0 Å². The first kappa shape index (κ1) is 8.97. The van der Waals surface area contributed by atoms with Crippen molar-refractivity contribution in [1.29, 1.82) is 0 Å². The summed E-state index contributed by atoms with van der Waals surface area (Å²) in [5.74, 6) is 0. The number of hydrogen-bond acceptors (Lipinski definition) is 3. The van der Waals surface area contributed by atoms with E-state index in [1.165, 1.54) is 0 Å². The summed E-state index contributed by atoms with van der Waals surface area (Å²) < 4.78 is 0. The summed E-state index contributed by atoms with van der Waals surface area (Å²) in [7, 11) is 0. The van der Waals surface area contributed by atoms with E-state index in [0.717, 1.165) is 38.8 Å². The summed E-state index contributed by atoms with van der Waals surface area (Å²) >= 11 is 0. The zero-order chi connectivity index (χ0) is 8.10. The fourth-order valence-corrected chi connectivity index (χ4v) is 1.57. The zero-order valence-electron chi connectivity index (χ0n) is 6.92. The van der Waals surface area contributed by atoms with Gasteiger partial charge in [0.1, 0.15) is 0 Å². The van der Waals surface area contributed by atoms with E-state index in [4.69, 9.17) is 5.73 Å². The summed E-state index contributed by atoms with van der Waals surface area (Å²) in [6.07, 6.45) is 4.12. The van der Waals surface area contributed by atoms with Crippen LogP contribution in [0.5, 0.6) is 0 Å². The lowest BCUT2D eigenvalue weighted by molar-refractivity contribution is 0.149. The minimum absolute atomic E-state index is 0.118. The lowest BCUT2D eigenvalue weighted by Gasteiger charge is -2.15. The van der Waals surface area contributed by atoms with Crippen molar-refractivity contribution < 1.29 is 5.11 Å². The summed E-state index contributed by atoms with van der Waals surface area (Å²) in [5.41, 5.74) is 5.35. The van der Waals surface area contributed by atoms with Crippen LogP contribution in [-0.2, 0) is 0 Å². The molecule has 1 fully saturated rings. The van der Waals surface area contributed by atoms with Crippen LogP contribution in [-0.4, -0.2) is 30.3 Å². The van der Waals surface area contributed by atoms with Gasteiger partial charge in [-0.25, -0.2) is 0 Å². The Bertz CT molecular complexity index is 108. The van der Waals surface area contributed by atoms with Crippen molar-refractivity contribution in [1.82, 2.24) is 5.32 Å². The van der Waals surface area contributed by atoms with Crippen molar-refractivity contribution in [3.05, 3.63) is 0 Å². The van der Waals surface area contributed by atoms with Crippen LogP contribution in [0.3, 0.4) is 0 Å². The molecule has 0 aromatic carbocycles. The quantitative estimate of drug-likeness (QED) is 0.498. The Morgan fingerprint density at radius 1 is 1.45 bits per heavy atom. The van der Waals surface area contributed by atoms with Gasteiger partial charge in [0.05, 0.1) is 6.10 Å². The summed E-state index contributed by atoms with van der Waals surface area (Å²) in [6, 6.07) is 0.335. The van der Waals surface area contributed by atoms with Crippen molar-refractivity contribution in [3.63, 3.8) is 0 Å². The van der Waals surface area contributed by atoms with E-state index in [0.29, 0.717) is 6.04 Å². The van der Waals surface area contributed by atoms with Crippen LogP contribution < -0.4 is 11.1 Å². The molecule has 1 aliphatic rings. The number of nitrogens with one attached hydrogen (secondary N) is 1. The second kappa shape index (κ2) is 4.70. The molecule has 3 nitrogen and oxygen atoms in total. The van der Waals surface area contributed by atoms with Gasteiger partial charge in [-0.1, -0.05) is 0 Å². The smallest absolute Gasteiger partial charge is 0.0693 e. The maximum Gasteiger partial charge on any atom is 0.0693 e. The van der Waals surface area contributed by atoms with E-state index in [2.05, 4.69) is 5.32 Å². The molecule has 1 aliphatic carbocycles. The zero-order valence-corrected chi connectivity index (χ0v) is 6.92. The molecule has 0 unspecified atom stereocenters. The molecule has 0 heterocycles. The van der Waals surface area contributed by atoms with E-state index in [1.807, 2.05) is 0 Å². The first-order chi connectivity index (χ1) is 5.34. The predicted octanol–water partition coefficient (Wildman–Crippen LogP) is -0.162. The maximum atomic E-state index is 9.39. The van der Waals surface area contributed by atoms with Gasteiger partial charge in [-0.05, 0) is 38.8 Å². The molecule has 11 heavy (non-hydrogen) atoms. The predicted molar refractivity (Wildman–Crippen MR) is 45.3 cm³/mol. The lowest BCUT2D eigenvalue weighted by atomic mass is 10.2. The van der Waals surface area contributed by atoms with Gasteiger partial charge in [-0.15, -0.1) is 0 Å². The van der Waals surface area contributed by atoms with Gasteiger partial charge in [-0.3, -0.25) is 0 Å². The average Bonchev–Trinajstić information content (AvgIpc) is 2.37. The first-order valence-electron chi connectivity index (χ1n) is 4.46. The summed E-state index contributed by atoms with van der Waals surface area (Å²) in [4.78, 5) is 0. The van der Waals surface area contributed by atoms with Crippen LogP contribution in [0.2, 0.25) is 0 Å². The highest BCUT2D eigenvalue weighted by Gasteiger charge is 2.23. The third-order valence-electron chi connectivity index (χ3n) is 2.27. The molecule has 0 aliphatic heterocycles. The third kappa shape index (κ3) is 2.77. The number of nitrogens with two attached hydrogens (primary N) is 1. The van der Waals surface area contributed by atoms with Crippen molar-refractivity contribution >= 4 is 0 Å². The van der Waals surface area contributed by atoms with Gasteiger partial charge in [0.25, 0.3) is 0 Å². The highest BCUT2D eigenvalue weighted by atomic mass is 16.3. The minimum atomic E-state index is -0.118. The number of rotatable bonds is 4. The topological polar surface area (TPSA) is 58.3 Å². The molecule has 3 heteroatoms. The molecule has 0 aromatic rings. The second-order valence-corrected chi connectivity index (χ2v) is 3.20. The monoisotopic (exact) mass is 158 g/mol. The molecule has 4 N–H and O–H groups in total. The average molecular weight is 158 g/mol. The molecule has 0 bridgehead atoms. The van der Waals surface area contributed by atoms with E-state index < -0.39 is 0 Å². The van der Waals surface area contributed by atoms with Crippen molar-refractivity contribution in [2.45, 2.75) is 37.8 Å². The largest absolute Gasteiger partial charge is 0.392 e. The highest BCUT2D eigenvalue weighted by Crippen LogP contribution is 2.18. The fraction of sp³-hybridized carbons (Fsp3) is 1.00. The number of aliphatic hydroxyl groups excluding tert-OH is 1. The van der Waals surface area contributed by atoms with Crippen LogP contribution in [0.1, 0.15) is 25.7 Å². The van der Waals surface area contributed by atoms with E-state index >= 15 is 0 Å². The fourth-order valence-electron chi connectivity index (χ4n) is 1.57. The molecule has 0 spiro atoms. The molecule has 0 saturated heterocycles. The number of hydrogen-bond donors (Lipinski definition) is 3. The van der Waals surface area contributed by atoms with Crippen molar-refractivity contribution in [2.75, 3.05) is 13.1 Å². The minimum Gasteiger partial charge on any atom is -0.392 e. The van der Waals surface area contributed by atoms with Crippen LogP contribution in [0.25, 0.3) is 0 Å². The van der Waals surface area contributed by atoms with Crippen LogP contribution in [0, 0.1) is 0 Å². The normalized spacial score (nSPS) is 31.1. The highest BCUT2D eigenvalue weighted by molar-refractivity contribution is 4.82. The Balaban J connectivity index is 2.05. The van der Waals surface area contributed by atoms with Crippen molar-refractivity contribution in [3.8, 4) is 0 Å². The van der Waals surface area contributed by atoms with E-state index in [1.54, 1.807) is 0 Å². The summed E-state index contributed by atoms with van der Waals surface area (Å²) in [6.45, 7) is 1.67. The van der Waals surface area contributed by atoms with Crippen LogP contribution in [0.15, 0.2) is 0 Å². The number of aliphatic hydroxyl groups is 1. The lowest BCUT2D eigenvalue weighted by Crippen LogP contribution is -2.36. The Morgan fingerprint density at radius 2 is 2.27 bits per heavy atom. The van der Waals surface area contributed by atoms with Gasteiger partial charge in [0, 0.05) is 6.04 Å². The van der Waals surface area contributed by atoms with Crippen LogP contribution >= 0.6 is 0 Å².